The molecule has 1 heterocycles. The second-order valence-corrected chi connectivity index (χ2v) is 4.60. The van der Waals surface area contributed by atoms with Crippen LogP contribution in [0.5, 0.6) is 0 Å². The lowest BCUT2D eigenvalue weighted by atomic mass is 10.1. The number of hydrogen-bond acceptors (Lipinski definition) is 5. The molecule has 0 saturated carbocycles. The van der Waals surface area contributed by atoms with Gasteiger partial charge in [-0.25, -0.2) is 9.97 Å². The monoisotopic (exact) mass is 269 g/mol. The van der Waals surface area contributed by atoms with Crippen molar-refractivity contribution in [3.63, 3.8) is 0 Å². The van der Waals surface area contributed by atoms with E-state index in [4.69, 9.17) is 5.73 Å². The molecule has 0 atom stereocenters. The molecule has 5 heteroatoms. The van der Waals surface area contributed by atoms with Crippen molar-refractivity contribution in [1.29, 1.82) is 0 Å². The van der Waals surface area contributed by atoms with Gasteiger partial charge < -0.3 is 16.4 Å². The number of nitrogens with zero attached hydrogens (tertiary/aromatic N) is 2. The van der Waals surface area contributed by atoms with Gasteiger partial charge in [0.1, 0.15) is 12.0 Å². The predicted molar refractivity (Wildman–Crippen MR) is 84.3 cm³/mol. The van der Waals surface area contributed by atoms with Gasteiger partial charge in [-0.2, -0.15) is 0 Å². The quantitative estimate of drug-likeness (QED) is 0.727. The number of anilines is 4. The van der Waals surface area contributed by atoms with E-state index in [1.807, 2.05) is 13.8 Å². The van der Waals surface area contributed by atoms with Crippen molar-refractivity contribution in [3.8, 4) is 0 Å². The zero-order valence-corrected chi connectivity index (χ0v) is 11.8. The fourth-order valence-electron chi connectivity index (χ4n) is 1.80. The van der Waals surface area contributed by atoms with Crippen LogP contribution in [0.4, 0.5) is 23.0 Å². The van der Waals surface area contributed by atoms with Crippen LogP contribution in [-0.4, -0.2) is 16.5 Å². The summed E-state index contributed by atoms with van der Waals surface area (Å²) in [5, 5.41) is 6.34. The summed E-state index contributed by atoms with van der Waals surface area (Å²) >= 11 is 0. The van der Waals surface area contributed by atoms with E-state index in [1.54, 1.807) is 6.08 Å². The first kappa shape index (κ1) is 13.9. The highest BCUT2D eigenvalue weighted by Gasteiger charge is 2.08. The van der Waals surface area contributed by atoms with Crippen molar-refractivity contribution in [2.45, 2.75) is 13.8 Å². The summed E-state index contributed by atoms with van der Waals surface area (Å²) in [6.45, 7) is 8.34. The normalized spacial score (nSPS) is 10.1. The highest BCUT2D eigenvalue weighted by Crippen LogP contribution is 2.27. The maximum atomic E-state index is 6.08. The van der Waals surface area contributed by atoms with Crippen molar-refractivity contribution < 1.29 is 0 Å². The minimum Gasteiger partial charge on any atom is -0.393 e. The maximum Gasteiger partial charge on any atom is 0.159 e. The lowest BCUT2D eigenvalue weighted by molar-refractivity contribution is 1.14. The lowest BCUT2D eigenvalue weighted by Gasteiger charge is -2.13. The third-order valence-electron chi connectivity index (χ3n) is 2.94. The molecule has 1 aromatic carbocycles. The molecule has 20 heavy (non-hydrogen) atoms. The van der Waals surface area contributed by atoms with E-state index in [-0.39, 0.29) is 0 Å². The van der Waals surface area contributed by atoms with Gasteiger partial charge in [-0.3, -0.25) is 0 Å². The van der Waals surface area contributed by atoms with E-state index in [0.29, 0.717) is 23.9 Å². The molecular weight excluding hydrogens is 250 g/mol. The number of aryl methyl sites for hydroxylation is 2. The van der Waals surface area contributed by atoms with Gasteiger partial charge in [0.05, 0.1) is 0 Å². The van der Waals surface area contributed by atoms with Gasteiger partial charge in [0.2, 0.25) is 0 Å². The number of benzene rings is 1. The van der Waals surface area contributed by atoms with Crippen LogP contribution in [0.1, 0.15) is 11.1 Å². The average molecular weight is 269 g/mol. The van der Waals surface area contributed by atoms with Gasteiger partial charge in [0.15, 0.2) is 11.6 Å². The van der Waals surface area contributed by atoms with E-state index >= 15 is 0 Å². The van der Waals surface area contributed by atoms with E-state index in [1.165, 1.54) is 11.9 Å². The summed E-state index contributed by atoms with van der Waals surface area (Å²) < 4.78 is 0. The first-order valence-corrected chi connectivity index (χ1v) is 6.41. The highest BCUT2D eigenvalue weighted by molar-refractivity contribution is 5.78. The Morgan fingerprint density at radius 1 is 1.25 bits per heavy atom. The Morgan fingerprint density at radius 2 is 2.00 bits per heavy atom. The molecule has 0 fully saturated rings. The average Bonchev–Trinajstić information content (AvgIpc) is 2.44. The van der Waals surface area contributed by atoms with Crippen LogP contribution < -0.4 is 16.4 Å². The standard InChI is InChI=1S/C15H19N5/c1-4-7-17-14-13(16)15(19-9-18-14)20-12-8-10(2)5-6-11(12)3/h4-6,8-9H,1,7,16H2,2-3H3,(H2,17,18,19,20). The molecule has 0 unspecified atom stereocenters. The van der Waals surface area contributed by atoms with E-state index < -0.39 is 0 Å². The Hall–Kier alpha value is -2.56. The number of rotatable bonds is 5. The smallest absolute Gasteiger partial charge is 0.159 e. The van der Waals surface area contributed by atoms with Crippen LogP contribution >= 0.6 is 0 Å². The van der Waals surface area contributed by atoms with Crippen LogP contribution in [0.15, 0.2) is 37.2 Å². The Kier molecular flexibility index (Phi) is 4.20. The largest absolute Gasteiger partial charge is 0.393 e. The molecule has 0 aliphatic carbocycles. The fourth-order valence-corrected chi connectivity index (χ4v) is 1.80. The van der Waals surface area contributed by atoms with Gasteiger partial charge >= 0.3 is 0 Å². The van der Waals surface area contributed by atoms with Crippen LogP contribution in [0.25, 0.3) is 0 Å². The molecule has 2 rings (SSSR count). The minimum atomic E-state index is 0.496. The Balaban J connectivity index is 2.29. The Bertz CT molecular complexity index is 622. The van der Waals surface area contributed by atoms with Crippen molar-refractivity contribution >= 4 is 23.0 Å². The number of nitrogens with two attached hydrogens (primary N) is 1. The summed E-state index contributed by atoms with van der Waals surface area (Å²) in [5.74, 6) is 1.20. The third-order valence-corrected chi connectivity index (χ3v) is 2.94. The molecule has 0 radical (unpaired) electrons. The number of hydrogen-bond donors (Lipinski definition) is 3. The first-order chi connectivity index (χ1) is 9.61. The van der Waals surface area contributed by atoms with Gasteiger partial charge in [0, 0.05) is 12.2 Å². The molecule has 0 aliphatic heterocycles. The maximum absolute atomic E-state index is 6.08. The number of aromatic nitrogens is 2. The Labute approximate surface area is 119 Å². The lowest BCUT2D eigenvalue weighted by Crippen LogP contribution is -2.08. The van der Waals surface area contributed by atoms with Crippen molar-refractivity contribution in [2.75, 3.05) is 22.9 Å². The molecule has 0 bridgehead atoms. The molecular formula is C15H19N5. The summed E-state index contributed by atoms with van der Waals surface area (Å²) in [6, 6.07) is 6.20. The van der Waals surface area contributed by atoms with Crippen LogP contribution in [0.2, 0.25) is 0 Å². The molecule has 104 valence electrons. The Morgan fingerprint density at radius 3 is 2.75 bits per heavy atom. The van der Waals surface area contributed by atoms with Gasteiger partial charge in [-0.1, -0.05) is 18.2 Å². The second-order valence-electron chi connectivity index (χ2n) is 4.60. The van der Waals surface area contributed by atoms with Crippen LogP contribution in [0, 0.1) is 13.8 Å². The molecule has 2 aromatic rings. The molecule has 0 spiro atoms. The van der Waals surface area contributed by atoms with E-state index in [9.17, 15) is 0 Å². The summed E-state index contributed by atoms with van der Waals surface area (Å²) in [5.41, 5.74) is 9.87. The molecule has 1 aromatic heterocycles. The van der Waals surface area contributed by atoms with Crippen molar-refractivity contribution in [3.05, 3.63) is 48.3 Å². The number of nitrogen functional groups attached to an aromatic ring is 1. The van der Waals surface area contributed by atoms with Crippen LogP contribution in [0.3, 0.4) is 0 Å². The van der Waals surface area contributed by atoms with Gasteiger partial charge in [-0.15, -0.1) is 6.58 Å². The summed E-state index contributed by atoms with van der Waals surface area (Å²) in [7, 11) is 0. The molecule has 0 amide bonds. The first-order valence-electron chi connectivity index (χ1n) is 6.41. The molecule has 0 saturated heterocycles. The zero-order valence-electron chi connectivity index (χ0n) is 11.8. The minimum absolute atomic E-state index is 0.496. The predicted octanol–water partition coefficient (Wildman–Crippen LogP) is 3.02. The molecule has 4 N–H and O–H groups in total. The highest BCUT2D eigenvalue weighted by atomic mass is 15.1. The third kappa shape index (κ3) is 3.06. The van der Waals surface area contributed by atoms with Gasteiger partial charge in [0.25, 0.3) is 0 Å². The van der Waals surface area contributed by atoms with Gasteiger partial charge in [-0.05, 0) is 31.0 Å². The van der Waals surface area contributed by atoms with E-state index in [2.05, 4.69) is 45.4 Å². The van der Waals surface area contributed by atoms with E-state index in [0.717, 1.165) is 11.3 Å². The van der Waals surface area contributed by atoms with Crippen molar-refractivity contribution in [2.24, 2.45) is 0 Å². The molecule has 5 nitrogen and oxygen atoms in total. The fraction of sp³-hybridized carbons (Fsp3) is 0.200. The summed E-state index contributed by atoms with van der Waals surface area (Å²) in [6.07, 6.45) is 3.23. The van der Waals surface area contributed by atoms with Crippen LogP contribution in [-0.2, 0) is 0 Å². The second kappa shape index (κ2) is 6.06. The number of nitrogens with one attached hydrogen (secondary N) is 2. The molecule has 0 aliphatic rings. The topological polar surface area (TPSA) is 75.9 Å². The SMILES string of the molecule is C=CCNc1ncnc(Nc2cc(C)ccc2C)c1N. The zero-order chi connectivity index (χ0) is 14.5. The summed E-state index contributed by atoms with van der Waals surface area (Å²) in [4.78, 5) is 8.32. The van der Waals surface area contributed by atoms with Crippen molar-refractivity contribution in [1.82, 2.24) is 9.97 Å².